The molecule has 1 saturated heterocycles. The fourth-order valence-corrected chi connectivity index (χ4v) is 2.41. The van der Waals surface area contributed by atoms with Gasteiger partial charge in [-0.05, 0) is 31.5 Å². The molecule has 2 heterocycles. The molecule has 0 aromatic carbocycles. The summed E-state index contributed by atoms with van der Waals surface area (Å²) in [5.74, 6) is 0.448. The van der Waals surface area contributed by atoms with Gasteiger partial charge in [-0.25, -0.2) is 4.98 Å². The van der Waals surface area contributed by atoms with Gasteiger partial charge in [-0.1, -0.05) is 6.07 Å². The van der Waals surface area contributed by atoms with E-state index in [0.717, 1.165) is 19.5 Å². The fourth-order valence-electron chi connectivity index (χ4n) is 2.41. The van der Waals surface area contributed by atoms with Crippen LogP contribution in [0.2, 0.25) is 0 Å². The zero-order valence-electron chi connectivity index (χ0n) is 12.1. The van der Waals surface area contributed by atoms with Crippen LogP contribution in [0.5, 0.6) is 0 Å². The van der Waals surface area contributed by atoms with Crippen LogP contribution in [0.4, 0.5) is 5.82 Å². The molecule has 0 saturated carbocycles. The van der Waals surface area contributed by atoms with E-state index in [1.807, 2.05) is 17.0 Å². The van der Waals surface area contributed by atoms with E-state index in [2.05, 4.69) is 21.2 Å². The highest BCUT2D eigenvalue weighted by molar-refractivity contribution is 5.79. The van der Waals surface area contributed by atoms with Crippen LogP contribution in [0.15, 0.2) is 24.4 Å². The SMILES string of the molecule is O=C(CN(CCO)CC1CCCN1)NNc1ccccn1. The number of carbonyl (C=O) groups excluding carboxylic acids is 1. The molecule has 1 aliphatic heterocycles. The minimum Gasteiger partial charge on any atom is -0.395 e. The number of anilines is 1. The second-order valence-electron chi connectivity index (χ2n) is 5.14. The van der Waals surface area contributed by atoms with Crippen molar-refractivity contribution < 1.29 is 9.90 Å². The van der Waals surface area contributed by atoms with Crippen LogP contribution in [0.25, 0.3) is 0 Å². The Hall–Kier alpha value is -1.70. The lowest BCUT2D eigenvalue weighted by molar-refractivity contribution is -0.121. The lowest BCUT2D eigenvalue weighted by Crippen LogP contribution is -2.45. The summed E-state index contributed by atoms with van der Waals surface area (Å²) in [6, 6.07) is 5.83. The summed E-state index contributed by atoms with van der Waals surface area (Å²) < 4.78 is 0. The van der Waals surface area contributed by atoms with E-state index in [-0.39, 0.29) is 19.1 Å². The number of hydrogen-bond acceptors (Lipinski definition) is 6. The van der Waals surface area contributed by atoms with Gasteiger partial charge in [0.2, 0.25) is 0 Å². The molecule has 0 spiro atoms. The minimum atomic E-state index is -0.146. The largest absolute Gasteiger partial charge is 0.395 e. The maximum absolute atomic E-state index is 11.9. The van der Waals surface area contributed by atoms with E-state index in [1.54, 1.807) is 12.3 Å². The number of amides is 1. The first kappa shape index (κ1) is 15.7. The number of pyridine rings is 1. The molecule has 7 nitrogen and oxygen atoms in total. The van der Waals surface area contributed by atoms with E-state index in [1.165, 1.54) is 6.42 Å². The first-order valence-corrected chi connectivity index (χ1v) is 7.30. The summed E-state index contributed by atoms with van der Waals surface area (Å²) in [4.78, 5) is 17.9. The number of hydrogen-bond donors (Lipinski definition) is 4. The van der Waals surface area contributed by atoms with Gasteiger partial charge in [-0.2, -0.15) is 0 Å². The maximum Gasteiger partial charge on any atom is 0.252 e. The highest BCUT2D eigenvalue weighted by Crippen LogP contribution is 2.06. The summed E-state index contributed by atoms with van der Waals surface area (Å²) in [5.41, 5.74) is 5.39. The minimum absolute atomic E-state index is 0.0493. The monoisotopic (exact) mass is 293 g/mol. The number of aromatic nitrogens is 1. The molecular formula is C14H23N5O2. The standard InChI is InChI=1S/C14H23N5O2/c20-9-8-19(10-12-4-3-7-15-12)11-14(21)18-17-13-5-1-2-6-16-13/h1-2,5-6,12,15,20H,3-4,7-11H2,(H,16,17)(H,18,21). The topological polar surface area (TPSA) is 89.5 Å². The molecule has 1 aromatic rings. The van der Waals surface area contributed by atoms with E-state index in [4.69, 9.17) is 5.11 Å². The molecule has 1 aliphatic rings. The van der Waals surface area contributed by atoms with Crippen LogP contribution in [-0.2, 0) is 4.79 Å². The summed E-state index contributed by atoms with van der Waals surface area (Å²) in [5, 5.41) is 12.5. The number of aliphatic hydroxyl groups excluding tert-OH is 1. The fraction of sp³-hybridized carbons (Fsp3) is 0.571. The number of hydrazine groups is 1. The first-order valence-electron chi connectivity index (χ1n) is 7.30. The predicted molar refractivity (Wildman–Crippen MR) is 80.6 cm³/mol. The van der Waals surface area contributed by atoms with Gasteiger partial charge in [-0.15, -0.1) is 0 Å². The van der Waals surface area contributed by atoms with Gasteiger partial charge in [0.25, 0.3) is 5.91 Å². The number of carbonyl (C=O) groups is 1. The molecule has 0 aliphatic carbocycles. The van der Waals surface area contributed by atoms with Crippen LogP contribution in [0.3, 0.4) is 0 Å². The van der Waals surface area contributed by atoms with Crippen molar-refractivity contribution in [3.05, 3.63) is 24.4 Å². The van der Waals surface area contributed by atoms with Crippen LogP contribution in [-0.4, -0.2) is 59.7 Å². The summed E-state index contributed by atoms with van der Waals surface area (Å²) in [7, 11) is 0. The van der Waals surface area contributed by atoms with Gasteiger partial charge in [0.1, 0.15) is 5.82 Å². The lowest BCUT2D eigenvalue weighted by Gasteiger charge is -2.24. The second kappa shape index (κ2) is 8.56. The van der Waals surface area contributed by atoms with Gasteiger partial charge >= 0.3 is 0 Å². The molecule has 7 heteroatoms. The molecular weight excluding hydrogens is 270 g/mol. The highest BCUT2D eigenvalue weighted by Gasteiger charge is 2.19. The Morgan fingerprint density at radius 1 is 1.52 bits per heavy atom. The van der Waals surface area contributed by atoms with E-state index in [0.29, 0.717) is 18.4 Å². The molecule has 21 heavy (non-hydrogen) atoms. The van der Waals surface area contributed by atoms with Crippen molar-refractivity contribution in [2.24, 2.45) is 0 Å². The van der Waals surface area contributed by atoms with Gasteiger partial charge < -0.3 is 10.4 Å². The Morgan fingerprint density at radius 3 is 3.10 bits per heavy atom. The van der Waals surface area contributed by atoms with Crippen molar-refractivity contribution in [3.8, 4) is 0 Å². The molecule has 1 unspecified atom stereocenters. The average Bonchev–Trinajstić information content (AvgIpc) is 2.99. The summed E-state index contributed by atoms with van der Waals surface area (Å²) in [6.45, 7) is 2.60. The lowest BCUT2D eigenvalue weighted by atomic mass is 10.2. The van der Waals surface area contributed by atoms with E-state index < -0.39 is 0 Å². The Labute approximate surface area is 124 Å². The smallest absolute Gasteiger partial charge is 0.252 e. The van der Waals surface area contributed by atoms with Gasteiger partial charge in [0.15, 0.2) is 0 Å². The van der Waals surface area contributed by atoms with Crippen molar-refractivity contribution >= 4 is 11.7 Å². The number of rotatable bonds is 8. The number of aliphatic hydroxyl groups is 1. The van der Waals surface area contributed by atoms with Crippen molar-refractivity contribution in [2.45, 2.75) is 18.9 Å². The highest BCUT2D eigenvalue weighted by atomic mass is 16.3. The maximum atomic E-state index is 11.9. The molecule has 2 rings (SSSR count). The number of nitrogens with one attached hydrogen (secondary N) is 3. The zero-order valence-corrected chi connectivity index (χ0v) is 12.1. The van der Waals surface area contributed by atoms with E-state index >= 15 is 0 Å². The summed E-state index contributed by atoms with van der Waals surface area (Å²) >= 11 is 0. The third-order valence-corrected chi connectivity index (χ3v) is 3.42. The third kappa shape index (κ3) is 5.66. The van der Waals surface area contributed by atoms with Gasteiger partial charge in [0.05, 0.1) is 13.2 Å². The van der Waals surface area contributed by atoms with Crippen LogP contribution < -0.4 is 16.2 Å². The third-order valence-electron chi connectivity index (χ3n) is 3.42. The first-order chi connectivity index (χ1) is 10.3. The van der Waals surface area contributed by atoms with Crippen LogP contribution in [0, 0.1) is 0 Å². The predicted octanol–water partition coefficient (Wildman–Crippen LogP) is -0.429. The molecule has 4 N–H and O–H groups in total. The molecule has 1 aromatic heterocycles. The van der Waals surface area contributed by atoms with Crippen molar-refractivity contribution in [3.63, 3.8) is 0 Å². The van der Waals surface area contributed by atoms with Crippen LogP contribution >= 0.6 is 0 Å². The molecule has 0 bridgehead atoms. The number of nitrogens with zero attached hydrogens (tertiary/aromatic N) is 2. The molecule has 0 radical (unpaired) electrons. The normalized spacial score (nSPS) is 17.9. The van der Waals surface area contributed by atoms with Gasteiger partial charge in [-0.3, -0.25) is 20.5 Å². The van der Waals surface area contributed by atoms with Gasteiger partial charge in [0, 0.05) is 25.3 Å². The Balaban J connectivity index is 1.74. The Morgan fingerprint density at radius 2 is 2.43 bits per heavy atom. The Kier molecular flexibility index (Phi) is 6.39. The quantitative estimate of drug-likeness (QED) is 0.486. The van der Waals surface area contributed by atoms with Crippen molar-refractivity contribution in [1.82, 2.24) is 20.6 Å². The molecule has 116 valence electrons. The molecule has 1 amide bonds. The average molecular weight is 293 g/mol. The Bertz CT molecular complexity index is 423. The second-order valence-corrected chi connectivity index (χ2v) is 5.14. The molecule has 1 fully saturated rings. The molecule has 1 atom stereocenters. The summed E-state index contributed by atoms with van der Waals surface area (Å²) in [6.07, 6.45) is 3.94. The van der Waals surface area contributed by atoms with Crippen molar-refractivity contribution in [1.29, 1.82) is 0 Å². The van der Waals surface area contributed by atoms with Crippen LogP contribution in [0.1, 0.15) is 12.8 Å². The van der Waals surface area contributed by atoms with Crippen molar-refractivity contribution in [2.75, 3.05) is 38.2 Å². The zero-order chi connectivity index (χ0) is 14.9. The van der Waals surface area contributed by atoms with E-state index in [9.17, 15) is 4.79 Å².